The van der Waals surface area contributed by atoms with Crippen molar-refractivity contribution in [3.8, 4) is 5.75 Å². The summed E-state index contributed by atoms with van der Waals surface area (Å²) < 4.78 is 5.31. The molecule has 0 spiro atoms. The number of nitrogens with one attached hydrogen (secondary N) is 1. The number of hydrogen-bond acceptors (Lipinski definition) is 4. The van der Waals surface area contributed by atoms with Gasteiger partial charge in [0.1, 0.15) is 11.3 Å². The number of imide groups is 1. The van der Waals surface area contributed by atoms with Crippen LogP contribution in [0.2, 0.25) is 0 Å². The number of carbonyl (C=O) groups is 2. The Balaban J connectivity index is 1.65. The predicted molar refractivity (Wildman–Crippen MR) is 109 cm³/mol. The van der Waals surface area contributed by atoms with E-state index in [4.69, 9.17) is 4.74 Å². The van der Waals surface area contributed by atoms with Crippen molar-refractivity contribution >= 4 is 11.9 Å². The van der Waals surface area contributed by atoms with Gasteiger partial charge >= 0.3 is 6.03 Å². The number of nitrogens with zero attached hydrogens (tertiary/aromatic N) is 2. The molecule has 3 rings (SSSR count). The van der Waals surface area contributed by atoms with Crippen LogP contribution in [0.25, 0.3) is 0 Å². The lowest BCUT2D eigenvalue weighted by atomic mass is 9.75. The standard InChI is InChI=1S/C22H31N3O3/c1-5-22(20(26)25(14-16(2)3)21(27)23-22)18-9-11-24(12-10-18)15-17-7-6-8-19(13-17)28-4/h6-8,13,18H,2,5,9-12,14-15H2,1,3-4H3,(H,23,27)/t22-/m0/s1. The van der Waals surface area contributed by atoms with Crippen molar-refractivity contribution in [3.63, 3.8) is 0 Å². The summed E-state index contributed by atoms with van der Waals surface area (Å²) in [5.41, 5.74) is 1.26. The van der Waals surface area contributed by atoms with Crippen molar-refractivity contribution in [2.45, 2.75) is 45.2 Å². The smallest absolute Gasteiger partial charge is 0.325 e. The second kappa shape index (κ2) is 8.35. The summed E-state index contributed by atoms with van der Waals surface area (Å²) >= 11 is 0. The van der Waals surface area contributed by atoms with Gasteiger partial charge in [-0.05, 0) is 62.9 Å². The van der Waals surface area contributed by atoms with Crippen molar-refractivity contribution in [1.82, 2.24) is 15.1 Å². The molecular weight excluding hydrogens is 354 g/mol. The highest BCUT2D eigenvalue weighted by atomic mass is 16.5. The Morgan fingerprint density at radius 2 is 2.04 bits per heavy atom. The minimum Gasteiger partial charge on any atom is -0.497 e. The molecule has 1 aromatic carbocycles. The van der Waals surface area contributed by atoms with Gasteiger partial charge in [0.2, 0.25) is 0 Å². The molecular formula is C22H31N3O3. The zero-order valence-corrected chi connectivity index (χ0v) is 17.2. The molecule has 6 nitrogen and oxygen atoms in total. The molecule has 2 aliphatic rings. The van der Waals surface area contributed by atoms with E-state index in [0.717, 1.165) is 43.8 Å². The lowest BCUT2D eigenvalue weighted by Crippen LogP contribution is -2.55. The number of hydrogen-bond donors (Lipinski definition) is 1. The molecule has 1 atom stereocenters. The fourth-order valence-corrected chi connectivity index (χ4v) is 4.48. The van der Waals surface area contributed by atoms with Gasteiger partial charge in [-0.25, -0.2) is 4.79 Å². The SMILES string of the molecule is C=C(C)CN1C(=O)N[C@@](CC)(C2CCN(Cc3cccc(OC)c3)CC2)C1=O. The maximum atomic E-state index is 13.1. The molecule has 0 aromatic heterocycles. The van der Waals surface area contributed by atoms with Gasteiger partial charge in [0.15, 0.2) is 0 Å². The van der Waals surface area contributed by atoms with Crippen LogP contribution in [-0.2, 0) is 11.3 Å². The second-order valence-electron chi connectivity index (χ2n) is 8.01. The Morgan fingerprint density at radius 1 is 1.32 bits per heavy atom. The molecule has 2 saturated heterocycles. The quantitative estimate of drug-likeness (QED) is 0.578. The third-order valence-electron chi connectivity index (χ3n) is 6.01. The van der Waals surface area contributed by atoms with E-state index in [1.807, 2.05) is 26.0 Å². The van der Waals surface area contributed by atoms with E-state index in [0.29, 0.717) is 13.0 Å². The Bertz CT molecular complexity index is 755. The number of methoxy groups -OCH3 is 1. The lowest BCUT2D eigenvalue weighted by Gasteiger charge is -2.40. The Labute approximate surface area is 167 Å². The van der Waals surface area contributed by atoms with Crippen LogP contribution in [0, 0.1) is 5.92 Å². The topological polar surface area (TPSA) is 61.9 Å². The van der Waals surface area contributed by atoms with Crippen molar-refractivity contribution < 1.29 is 14.3 Å². The monoisotopic (exact) mass is 385 g/mol. The first-order chi connectivity index (χ1) is 13.4. The predicted octanol–water partition coefficient (Wildman–Crippen LogP) is 3.18. The molecule has 0 bridgehead atoms. The van der Waals surface area contributed by atoms with Gasteiger partial charge in [-0.2, -0.15) is 0 Å². The molecule has 3 amide bonds. The van der Waals surface area contributed by atoms with Crippen LogP contribution in [0.15, 0.2) is 36.4 Å². The number of benzene rings is 1. The summed E-state index contributed by atoms with van der Waals surface area (Å²) in [5, 5.41) is 3.03. The molecule has 2 aliphatic heterocycles. The lowest BCUT2D eigenvalue weighted by molar-refractivity contribution is -0.134. The number of amides is 3. The number of ether oxygens (including phenoxy) is 1. The molecule has 0 aliphatic carbocycles. The minimum absolute atomic E-state index is 0.0887. The van der Waals surface area contributed by atoms with Crippen LogP contribution in [0.5, 0.6) is 5.75 Å². The normalized spacial score (nSPS) is 23.8. The zero-order chi connectivity index (χ0) is 20.3. The first-order valence-corrected chi connectivity index (χ1v) is 10.0. The fraction of sp³-hybridized carbons (Fsp3) is 0.545. The Kier molecular flexibility index (Phi) is 6.08. The van der Waals surface area contributed by atoms with Gasteiger partial charge in [0, 0.05) is 6.54 Å². The summed E-state index contributed by atoms with van der Waals surface area (Å²) in [6.45, 7) is 10.7. The number of piperidine rings is 1. The van der Waals surface area contributed by atoms with E-state index in [-0.39, 0.29) is 17.9 Å². The van der Waals surface area contributed by atoms with Crippen LogP contribution in [0.1, 0.15) is 38.7 Å². The first-order valence-electron chi connectivity index (χ1n) is 10.0. The maximum Gasteiger partial charge on any atom is 0.325 e. The second-order valence-corrected chi connectivity index (χ2v) is 8.01. The highest BCUT2D eigenvalue weighted by Gasteiger charge is 2.54. The molecule has 1 N–H and O–H groups in total. The van der Waals surface area contributed by atoms with Crippen molar-refractivity contribution in [2.75, 3.05) is 26.7 Å². The maximum absolute atomic E-state index is 13.1. The van der Waals surface area contributed by atoms with E-state index in [9.17, 15) is 9.59 Å². The van der Waals surface area contributed by atoms with E-state index < -0.39 is 5.54 Å². The molecule has 1 aromatic rings. The third kappa shape index (κ3) is 3.92. The van der Waals surface area contributed by atoms with Crippen molar-refractivity contribution in [1.29, 1.82) is 0 Å². The summed E-state index contributed by atoms with van der Waals surface area (Å²) in [7, 11) is 1.68. The van der Waals surface area contributed by atoms with E-state index in [2.05, 4.69) is 28.9 Å². The summed E-state index contributed by atoms with van der Waals surface area (Å²) in [4.78, 5) is 29.3. The van der Waals surface area contributed by atoms with E-state index >= 15 is 0 Å². The molecule has 0 saturated carbocycles. The third-order valence-corrected chi connectivity index (χ3v) is 6.01. The number of urea groups is 1. The van der Waals surface area contributed by atoms with Crippen molar-refractivity contribution in [3.05, 3.63) is 42.0 Å². The Morgan fingerprint density at radius 3 is 2.64 bits per heavy atom. The van der Waals surface area contributed by atoms with Gasteiger partial charge in [0.05, 0.1) is 13.7 Å². The van der Waals surface area contributed by atoms with Crippen LogP contribution in [0.4, 0.5) is 4.79 Å². The molecule has 28 heavy (non-hydrogen) atoms. The van der Waals surface area contributed by atoms with Crippen LogP contribution >= 0.6 is 0 Å². The molecule has 2 heterocycles. The first kappa shape index (κ1) is 20.4. The zero-order valence-electron chi connectivity index (χ0n) is 17.2. The minimum atomic E-state index is -0.769. The number of carbonyl (C=O) groups excluding carboxylic acids is 2. The largest absolute Gasteiger partial charge is 0.497 e. The van der Waals surface area contributed by atoms with Crippen molar-refractivity contribution in [2.24, 2.45) is 5.92 Å². The summed E-state index contributed by atoms with van der Waals surface area (Å²) in [5.74, 6) is 0.939. The average Bonchev–Trinajstić information content (AvgIpc) is 2.93. The molecule has 6 heteroatoms. The van der Waals surface area contributed by atoms with E-state index in [1.165, 1.54) is 10.5 Å². The average molecular weight is 386 g/mol. The van der Waals surface area contributed by atoms with Crippen LogP contribution in [0.3, 0.4) is 0 Å². The highest BCUT2D eigenvalue weighted by Crippen LogP contribution is 2.36. The molecule has 0 radical (unpaired) electrons. The summed E-state index contributed by atoms with van der Waals surface area (Å²) in [6.07, 6.45) is 2.40. The van der Waals surface area contributed by atoms with Gasteiger partial charge in [0.25, 0.3) is 5.91 Å². The Hall–Kier alpha value is -2.34. The number of likely N-dealkylation sites (tertiary alicyclic amines) is 1. The fourth-order valence-electron chi connectivity index (χ4n) is 4.48. The molecule has 0 unspecified atom stereocenters. The number of rotatable bonds is 7. The molecule has 2 fully saturated rings. The summed E-state index contributed by atoms with van der Waals surface area (Å²) in [6, 6.07) is 7.85. The van der Waals surface area contributed by atoms with Gasteiger partial charge in [-0.3, -0.25) is 14.6 Å². The molecule has 152 valence electrons. The van der Waals surface area contributed by atoms with E-state index in [1.54, 1.807) is 7.11 Å². The highest BCUT2D eigenvalue weighted by molar-refractivity contribution is 6.07. The van der Waals surface area contributed by atoms with Gasteiger partial charge < -0.3 is 10.1 Å². The van der Waals surface area contributed by atoms with Crippen LogP contribution in [-0.4, -0.2) is 54.0 Å². The van der Waals surface area contributed by atoms with Gasteiger partial charge in [-0.15, -0.1) is 0 Å². The van der Waals surface area contributed by atoms with Crippen LogP contribution < -0.4 is 10.1 Å². The van der Waals surface area contributed by atoms with Gasteiger partial charge in [-0.1, -0.05) is 31.2 Å².